The first kappa shape index (κ1) is 30.6. The molecule has 0 heterocycles. The molecule has 214 valence electrons. The Morgan fingerprint density at radius 3 is 2.27 bits per heavy atom. The number of alkyl carbamates (subject to hydrolysis) is 1. The molecule has 0 aliphatic carbocycles. The Kier molecular flexibility index (Phi) is 9.93. The summed E-state index contributed by atoms with van der Waals surface area (Å²) in [5.74, 6) is -0.978. The quantitative estimate of drug-likeness (QED) is 0.321. The fourth-order valence-corrected chi connectivity index (χ4v) is 4.56. The van der Waals surface area contributed by atoms with E-state index in [2.05, 4.69) is 10.6 Å². The summed E-state index contributed by atoms with van der Waals surface area (Å²) < 4.78 is 5.32. The molecule has 3 aromatic rings. The summed E-state index contributed by atoms with van der Waals surface area (Å²) in [4.78, 5) is 42.1. The van der Waals surface area contributed by atoms with Gasteiger partial charge in [-0.15, -0.1) is 0 Å². The van der Waals surface area contributed by atoms with E-state index in [9.17, 15) is 19.5 Å². The maximum absolute atomic E-state index is 14.1. The van der Waals surface area contributed by atoms with E-state index in [1.54, 1.807) is 20.8 Å². The number of aliphatic hydroxyl groups excluding tert-OH is 1. The molecule has 0 fully saturated rings. The van der Waals surface area contributed by atoms with Crippen LogP contribution in [0.1, 0.15) is 63.8 Å². The van der Waals surface area contributed by atoms with Gasteiger partial charge in [0.1, 0.15) is 17.7 Å². The molecule has 3 unspecified atom stereocenters. The third-order valence-electron chi connectivity index (χ3n) is 6.76. The first-order valence-corrected chi connectivity index (χ1v) is 13.6. The fourth-order valence-electron chi connectivity index (χ4n) is 4.56. The number of fused-ring (bicyclic) bond motifs is 1. The summed E-state index contributed by atoms with van der Waals surface area (Å²) in [7, 11) is 0. The number of amides is 3. The molecular weight excluding hydrogens is 506 g/mol. The average Bonchev–Trinajstić information content (AvgIpc) is 2.90. The number of hydrogen-bond donors (Lipinski definition) is 3. The predicted molar refractivity (Wildman–Crippen MR) is 158 cm³/mol. The number of ether oxygens (including phenoxy) is 1. The van der Waals surface area contributed by atoms with Gasteiger partial charge >= 0.3 is 6.09 Å². The Balaban J connectivity index is 2.06. The molecule has 3 atom stereocenters. The zero-order valence-corrected chi connectivity index (χ0v) is 24.4. The van der Waals surface area contributed by atoms with Gasteiger partial charge in [0.2, 0.25) is 5.91 Å². The number of aliphatic hydroxyl groups is 1. The number of hydrogen-bond acceptors (Lipinski definition) is 5. The Hall–Kier alpha value is -3.91. The van der Waals surface area contributed by atoms with Crippen LogP contribution in [0.5, 0.6) is 0 Å². The lowest BCUT2D eigenvalue weighted by Gasteiger charge is -2.38. The minimum absolute atomic E-state index is 0.394. The van der Waals surface area contributed by atoms with Gasteiger partial charge in [0.15, 0.2) is 0 Å². The topological polar surface area (TPSA) is 108 Å². The van der Waals surface area contributed by atoms with Gasteiger partial charge in [0.05, 0.1) is 6.61 Å². The highest BCUT2D eigenvalue weighted by atomic mass is 16.6. The molecule has 8 nitrogen and oxygen atoms in total. The second-order valence-corrected chi connectivity index (χ2v) is 11.2. The van der Waals surface area contributed by atoms with Crippen molar-refractivity contribution >= 4 is 34.4 Å². The molecule has 0 aromatic heterocycles. The van der Waals surface area contributed by atoms with Crippen molar-refractivity contribution < 1.29 is 24.2 Å². The first-order valence-electron chi connectivity index (χ1n) is 13.6. The number of carbonyl (C=O) groups is 3. The molecule has 0 saturated carbocycles. The lowest BCUT2D eigenvalue weighted by Crippen LogP contribution is -2.56. The van der Waals surface area contributed by atoms with Crippen LogP contribution < -0.4 is 10.6 Å². The molecule has 0 aliphatic rings. The highest BCUT2D eigenvalue weighted by molar-refractivity contribution is 6.00. The summed E-state index contributed by atoms with van der Waals surface area (Å²) >= 11 is 0. The fraction of sp³-hybridized carbons (Fsp3) is 0.406. The summed E-state index contributed by atoms with van der Waals surface area (Å²) in [6.45, 7) is 12.1. The maximum atomic E-state index is 14.1. The van der Waals surface area contributed by atoms with E-state index in [4.69, 9.17) is 4.74 Å². The van der Waals surface area contributed by atoms with E-state index in [0.29, 0.717) is 17.7 Å². The molecule has 0 spiro atoms. The highest BCUT2D eigenvalue weighted by Gasteiger charge is 2.39. The van der Waals surface area contributed by atoms with Crippen molar-refractivity contribution in [1.82, 2.24) is 10.2 Å². The Morgan fingerprint density at radius 2 is 1.65 bits per heavy atom. The van der Waals surface area contributed by atoms with Crippen LogP contribution in [0.15, 0.2) is 60.7 Å². The Morgan fingerprint density at radius 1 is 0.975 bits per heavy atom. The molecule has 0 aliphatic heterocycles. The van der Waals surface area contributed by atoms with Crippen LogP contribution in [0.4, 0.5) is 10.5 Å². The van der Waals surface area contributed by atoms with Gasteiger partial charge in [-0.3, -0.25) is 9.59 Å². The summed E-state index contributed by atoms with van der Waals surface area (Å²) in [5, 5.41) is 17.7. The summed E-state index contributed by atoms with van der Waals surface area (Å²) in [6, 6.07) is 16.6. The number of nitrogens with zero attached hydrogens (tertiary/aromatic N) is 1. The standard InChI is InChI=1S/C32H41N3O5/c1-8-22(4)35(30(38)27(19-36)34-31(39)40-32(5,6)7)28(26-17-20(2)13-14-21(26)3)29(37)33-25-16-15-23-11-9-10-12-24(23)18-25/h9-18,22,27-28,36H,8,19H2,1-7H3,(H,33,37)(H,34,39). The number of anilines is 1. The number of nitrogens with one attached hydrogen (secondary N) is 2. The largest absolute Gasteiger partial charge is 0.444 e. The molecule has 3 N–H and O–H groups in total. The number of aryl methyl sites for hydroxylation is 2. The molecule has 8 heteroatoms. The van der Waals surface area contributed by atoms with Crippen molar-refractivity contribution in [2.75, 3.05) is 11.9 Å². The number of benzene rings is 3. The molecule has 3 rings (SSSR count). The van der Waals surface area contributed by atoms with Crippen LogP contribution in [0, 0.1) is 13.8 Å². The molecule has 40 heavy (non-hydrogen) atoms. The van der Waals surface area contributed by atoms with Crippen LogP contribution in [-0.4, -0.2) is 52.2 Å². The molecule has 0 bridgehead atoms. The van der Waals surface area contributed by atoms with Gasteiger partial charge in [0.25, 0.3) is 5.91 Å². The van der Waals surface area contributed by atoms with Gasteiger partial charge in [-0.1, -0.05) is 61.0 Å². The van der Waals surface area contributed by atoms with E-state index in [0.717, 1.165) is 21.9 Å². The lowest BCUT2D eigenvalue weighted by molar-refractivity contribution is -0.144. The van der Waals surface area contributed by atoms with Crippen molar-refractivity contribution in [3.05, 3.63) is 77.4 Å². The molecule has 3 aromatic carbocycles. The van der Waals surface area contributed by atoms with Crippen molar-refractivity contribution in [2.45, 2.75) is 78.6 Å². The number of carbonyl (C=O) groups excluding carboxylic acids is 3. The van der Waals surface area contributed by atoms with Crippen molar-refractivity contribution in [3.63, 3.8) is 0 Å². The predicted octanol–water partition coefficient (Wildman–Crippen LogP) is 5.65. The molecular formula is C32H41N3O5. The van der Waals surface area contributed by atoms with Crippen LogP contribution in [-0.2, 0) is 14.3 Å². The van der Waals surface area contributed by atoms with Crippen molar-refractivity contribution in [2.24, 2.45) is 0 Å². The van der Waals surface area contributed by atoms with Crippen molar-refractivity contribution in [1.29, 1.82) is 0 Å². The van der Waals surface area contributed by atoms with Crippen LogP contribution >= 0.6 is 0 Å². The smallest absolute Gasteiger partial charge is 0.408 e. The van der Waals surface area contributed by atoms with Crippen LogP contribution in [0.3, 0.4) is 0 Å². The van der Waals surface area contributed by atoms with E-state index in [-0.39, 0.29) is 0 Å². The minimum Gasteiger partial charge on any atom is -0.444 e. The second-order valence-electron chi connectivity index (χ2n) is 11.2. The average molecular weight is 548 g/mol. The van der Waals surface area contributed by atoms with E-state index in [1.165, 1.54) is 4.90 Å². The normalized spacial score (nSPS) is 13.7. The highest BCUT2D eigenvalue weighted by Crippen LogP contribution is 2.31. The maximum Gasteiger partial charge on any atom is 0.408 e. The van der Waals surface area contributed by atoms with Gasteiger partial charge < -0.3 is 25.4 Å². The van der Waals surface area contributed by atoms with E-state index >= 15 is 0 Å². The first-order chi connectivity index (χ1) is 18.8. The zero-order valence-electron chi connectivity index (χ0n) is 24.4. The van der Waals surface area contributed by atoms with Gasteiger partial charge in [-0.25, -0.2) is 4.79 Å². The third kappa shape index (κ3) is 7.60. The van der Waals surface area contributed by atoms with Crippen molar-refractivity contribution in [3.8, 4) is 0 Å². The zero-order chi connectivity index (χ0) is 29.6. The molecule has 0 radical (unpaired) electrons. The third-order valence-corrected chi connectivity index (χ3v) is 6.76. The minimum atomic E-state index is -1.30. The number of rotatable bonds is 9. The summed E-state index contributed by atoms with van der Waals surface area (Å²) in [5.41, 5.74) is 2.25. The van der Waals surface area contributed by atoms with E-state index in [1.807, 2.05) is 88.4 Å². The van der Waals surface area contributed by atoms with Gasteiger partial charge in [-0.05, 0) is 82.0 Å². The monoisotopic (exact) mass is 547 g/mol. The van der Waals surface area contributed by atoms with Crippen LogP contribution in [0.2, 0.25) is 0 Å². The van der Waals surface area contributed by atoms with Gasteiger partial charge in [0, 0.05) is 11.7 Å². The van der Waals surface area contributed by atoms with Gasteiger partial charge in [-0.2, -0.15) is 0 Å². The van der Waals surface area contributed by atoms with E-state index < -0.39 is 48.2 Å². The SMILES string of the molecule is CCC(C)N(C(=O)C(CO)NC(=O)OC(C)(C)C)C(C(=O)Nc1ccc2ccccc2c1)c1cc(C)ccc1C. The summed E-state index contributed by atoms with van der Waals surface area (Å²) in [6.07, 6.45) is -0.283. The lowest BCUT2D eigenvalue weighted by atomic mass is 9.94. The Labute approximate surface area is 236 Å². The Bertz CT molecular complexity index is 1360. The van der Waals surface area contributed by atoms with Crippen LogP contribution in [0.25, 0.3) is 10.8 Å². The second kappa shape index (κ2) is 13.0. The molecule has 3 amide bonds. The molecule has 0 saturated heterocycles.